The highest BCUT2D eigenvalue weighted by Gasteiger charge is 2.27. The summed E-state index contributed by atoms with van der Waals surface area (Å²) in [4.78, 5) is 39.2. The second kappa shape index (κ2) is 8.14. The van der Waals surface area contributed by atoms with Crippen molar-refractivity contribution in [3.8, 4) is 0 Å². The Hall–Kier alpha value is -3.68. The van der Waals surface area contributed by atoms with Gasteiger partial charge in [-0.1, -0.05) is 18.2 Å². The van der Waals surface area contributed by atoms with E-state index in [0.29, 0.717) is 43.6 Å². The van der Waals surface area contributed by atoms with E-state index in [1.165, 1.54) is 6.26 Å². The van der Waals surface area contributed by atoms with Crippen LogP contribution in [0.3, 0.4) is 0 Å². The Kier molecular flexibility index (Phi) is 5.24. The minimum Gasteiger partial charge on any atom is -0.459 e. The Morgan fingerprint density at radius 3 is 2.28 bits per heavy atom. The number of furan rings is 1. The van der Waals surface area contributed by atoms with E-state index < -0.39 is 0 Å². The average Bonchev–Trinajstić information content (AvgIpc) is 3.33. The first-order chi connectivity index (χ1) is 14.1. The van der Waals surface area contributed by atoms with Crippen molar-refractivity contribution in [1.29, 1.82) is 0 Å². The van der Waals surface area contributed by atoms with Gasteiger partial charge in [0.1, 0.15) is 5.69 Å². The number of piperazine rings is 1. The topological polar surface area (TPSA) is 82.8 Å². The Labute approximate surface area is 168 Å². The lowest BCUT2D eigenvalue weighted by atomic mass is 10.2. The Morgan fingerprint density at radius 1 is 0.931 bits per heavy atom. The molecule has 3 heterocycles. The monoisotopic (exact) mass is 391 g/mol. The lowest BCUT2D eigenvalue weighted by Crippen LogP contribution is -2.50. The van der Waals surface area contributed by atoms with Gasteiger partial charge in [0.15, 0.2) is 5.76 Å². The second-order valence-corrected chi connectivity index (χ2v) is 6.70. The molecular formula is C21H21N5O3. The molecule has 0 unspecified atom stereocenters. The molecule has 0 saturated carbocycles. The fraction of sp³-hybridized carbons (Fsp3) is 0.238. The predicted molar refractivity (Wildman–Crippen MR) is 107 cm³/mol. The molecular weight excluding hydrogens is 370 g/mol. The number of hydrogen-bond donors (Lipinski definition) is 0. The van der Waals surface area contributed by atoms with Crippen molar-refractivity contribution in [3.63, 3.8) is 0 Å². The number of benzene rings is 1. The van der Waals surface area contributed by atoms with Crippen molar-refractivity contribution in [1.82, 2.24) is 19.8 Å². The molecule has 29 heavy (non-hydrogen) atoms. The summed E-state index contributed by atoms with van der Waals surface area (Å²) < 4.78 is 5.17. The normalized spacial score (nSPS) is 14.0. The minimum atomic E-state index is -0.166. The molecule has 4 rings (SSSR count). The van der Waals surface area contributed by atoms with Crippen LogP contribution in [0.4, 0.5) is 11.6 Å². The third-order valence-electron chi connectivity index (χ3n) is 4.89. The van der Waals surface area contributed by atoms with Gasteiger partial charge in [0, 0.05) is 45.1 Å². The lowest BCUT2D eigenvalue weighted by Gasteiger charge is -2.34. The van der Waals surface area contributed by atoms with Crippen LogP contribution in [0.5, 0.6) is 0 Å². The molecule has 148 valence electrons. The molecule has 1 aromatic carbocycles. The molecule has 0 atom stereocenters. The molecule has 1 aliphatic rings. The van der Waals surface area contributed by atoms with Gasteiger partial charge in [0.2, 0.25) is 5.95 Å². The molecule has 0 spiro atoms. The molecule has 1 saturated heterocycles. The van der Waals surface area contributed by atoms with Gasteiger partial charge in [-0.3, -0.25) is 9.59 Å². The van der Waals surface area contributed by atoms with Crippen molar-refractivity contribution < 1.29 is 14.0 Å². The average molecular weight is 391 g/mol. The van der Waals surface area contributed by atoms with E-state index in [4.69, 9.17) is 4.42 Å². The summed E-state index contributed by atoms with van der Waals surface area (Å²) in [6.07, 6.45) is 3.07. The van der Waals surface area contributed by atoms with Gasteiger partial charge in [-0.25, -0.2) is 9.97 Å². The Bertz CT molecular complexity index is 983. The summed E-state index contributed by atoms with van der Waals surface area (Å²) in [7, 11) is 1.86. The van der Waals surface area contributed by atoms with Crippen LogP contribution >= 0.6 is 0 Å². The largest absolute Gasteiger partial charge is 0.459 e. The minimum absolute atomic E-state index is 0.157. The number of aromatic nitrogens is 2. The predicted octanol–water partition coefficient (Wildman–Crippen LogP) is 2.44. The van der Waals surface area contributed by atoms with Gasteiger partial charge in [-0.15, -0.1) is 0 Å². The van der Waals surface area contributed by atoms with Gasteiger partial charge in [-0.05, 0) is 30.3 Å². The quantitative estimate of drug-likeness (QED) is 0.679. The van der Waals surface area contributed by atoms with E-state index in [2.05, 4.69) is 9.97 Å². The maximum absolute atomic E-state index is 12.9. The summed E-state index contributed by atoms with van der Waals surface area (Å²) in [5.41, 5.74) is 1.27. The zero-order chi connectivity index (χ0) is 20.2. The first-order valence-corrected chi connectivity index (χ1v) is 9.37. The highest BCUT2D eigenvalue weighted by Crippen LogP contribution is 2.20. The number of para-hydroxylation sites is 1. The highest BCUT2D eigenvalue weighted by molar-refractivity contribution is 5.94. The first-order valence-electron chi connectivity index (χ1n) is 9.37. The van der Waals surface area contributed by atoms with Crippen molar-refractivity contribution in [3.05, 3.63) is 72.4 Å². The van der Waals surface area contributed by atoms with Crippen LogP contribution < -0.4 is 4.90 Å². The molecule has 2 amide bonds. The summed E-state index contributed by atoms with van der Waals surface area (Å²) >= 11 is 0. The molecule has 1 aliphatic heterocycles. The van der Waals surface area contributed by atoms with E-state index >= 15 is 0 Å². The van der Waals surface area contributed by atoms with Gasteiger partial charge in [0.05, 0.1) is 6.26 Å². The van der Waals surface area contributed by atoms with E-state index in [1.807, 2.05) is 42.3 Å². The van der Waals surface area contributed by atoms with Gasteiger partial charge in [-0.2, -0.15) is 0 Å². The molecule has 8 heteroatoms. The van der Waals surface area contributed by atoms with E-state index in [-0.39, 0.29) is 11.8 Å². The fourth-order valence-corrected chi connectivity index (χ4v) is 3.23. The third kappa shape index (κ3) is 3.96. The lowest BCUT2D eigenvalue weighted by molar-refractivity contribution is 0.0515. The summed E-state index contributed by atoms with van der Waals surface area (Å²) in [5.74, 6) is 0.443. The molecule has 0 N–H and O–H groups in total. The highest BCUT2D eigenvalue weighted by atomic mass is 16.3. The summed E-state index contributed by atoms with van der Waals surface area (Å²) in [5, 5.41) is 0. The zero-order valence-electron chi connectivity index (χ0n) is 16.1. The molecule has 0 bridgehead atoms. The van der Waals surface area contributed by atoms with Crippen LogP contribution in [0.25, 0.3) is 0 Å². The third-order valence-corrected chi connectivity index (χ3v) is 4.89. The maximum atomic E-state index is 12.9. The van der Waals surface area contributed by atoms with E-state index in [9.17, 15) is 9.59 Å². The molecule has 2 aromatic heterocycles. The van der Waals surface area contributed by atoms with Crippen LogP contribution in [-0.4, -0.2) is 64.8 Å². The van der Waals surface area contributed by atoms with Crippen LogP contribution in [0.15, 0.2) is 65.4 Å². The number of rotatable bonds is 4. The van der Waals surface area contributed by atoms with Crippen LogP contribution in [-0.2, 0) is 0 Å². The van der Waals surface area contributed by atoms with Crippen molar-refractivity contribution in [2.24, 2.45) is 0 Å². The molecule has 3 aromatic rings. The number of hydrogen-bond acceptors (Lipinski definition) is 6. The van der Waals surface area contributed by atoms with Gasteiger partial charge >= 0.3 is 0 Å². The van der Waals surface area contributed by atoms with E-state index in [0.717, 1.165) is 5.69 Å². The fourth-order valence-electron chi connectivity index (χ4n) is 3.23. The zero-order valence-corrected chi connectivity index (χ0v) is 16.1. The van der Waals surface area contributed by atoms with Gasteiger partial charge in [0.25, 0.3) is 11.8 Å². The smallest absolute Gasteiger partial charge is 0.289 e. The van der Waals surface area contributed by atoms with Crippen LogP contribution in [0.1, 0.15) is 21.0 Å². The van der Waals surface area contributed by atoms with Crippen molar-refractivity contribution in [2.75, 3.05) is 38.1 Å². The van der Waals surface area contributed by atoms with Crippen LogP contribution in [0.2, 0.25) is 0 Å². The second-order valence-electron chi connectivity index (χ2n) is 6.70. The number of nitrogens with zero attached hydrogens (tertiary/aromatic N) is 5. The molecule has 1 fully saturated rings. The SMILES string of the molecule is CN(c1ccccc1)c1nccc(C(=O)N2CCN(C(=O)c3ccco3)CC2)n1. The van der Waals surface area contributed by atoms with E-state index in [1.54, 1.807) is 34.2 Å². The number of amides is 2. The summed E-state index contributed by atoms with van der Waals surface area (Å²) in [6.45, 7) is 1.79. The number of anilines is 2. The molecule has 0 aliphatic carbocycles. The standard InChI is InChI=1S/C21H21N5O3/c1-24(16-6-3-2-4-7-16)21-22-10-9-17(23-21)19(27)25-11-13-26(14-12-25)20(28)18-8-5-15-29-18/h2-10,15H,11-14H2,1H3. The van der Waals surface area contributed by atoms with Crippen LogP contribution in [0, 0.1) is 0 Å². The maximum Gasteiger partial charge on any atom is 0.289 e. The Morgan fingerprint density at radius 2 is 1.62 bits per heavy atom. The first kappa shape index (κ1) is 18.7. The number of carbonyl (C=O) groups is 2. The van der Waals surface area contributed by atoms with Crippen molar-refractivity contribution in [2.45, 2.75) is 0 Å². The number of carbonyl (C=O) groups excluding carboxylic acids is 2. The Balaban J connectivity index is 1.42. The van der Waals surface area contributed by atoms with Gasteiger partial charge < -0.3 is 19.1 Å². The molecule has 8 nitrogen and oxygen atoms in total. The van der Waals surface area contributed by atoms with Crippen molar-refractivity contribution >= 4 is 23.5 Å². The summed E-state index contributed by atoms with van der Waals surface area (Å²) in [6, 6.07) is 14.7. The molecule has 0 radical (unpaired) electrons.